The summed E-state index contributed by atoms with van der Waals surface area (Å²) in [7, 11) is 3.92. The molecule has 0 aromatic heterocycles. The van der Waals surface area contributed by atoms with E-state index < -0.39 is 0 Å². The van der Waals surface area contributed by atoms with Gasteiger partial charge in [-0.25, -0.2) is 0 Å². The summed E-state index contributed by atoms with van der Waals surface area (Å²) in [6.07, 6.45) is 11.4. The van der Waals surface area contributed by atoms with Crippen molar-refractivity contribution in [2.24, 2.45) is 0 Å². The molecule has 0 atom stereocenters. The Balaban J connectivity index is 4.50. The second kappa shape index (κ2) is 25.8. The fourth-order valence-corrected chi connectivity index (χ4v) is 3.56. The highest BCUT2D eigenvalue weighted by Gasteiger charge is 2.13. The van der Waals surface area contributed by atoms with E-state index in [1.807, 2.05) is 19.0 Å². The molecule has 0 spiro atoms. The van der Waals surface area contributed by atoms with E-state index in [-0.39, 0.29) is 29.8 Å². The molecule has 0 rings (SSSR count). The lowest BCUT2D eigenvalue weighted by Crippen LogP contribution is -2.34. The molecular formula is C29H53N3O7. The third-order valence-electron chi connectivity index (χ3n) is 5.85. The Morgan fingerprint density at radius 1 is 0.718 bits per heavy atom. The highest BCUT2D eigenvalue weighted by atomic mass is 16.5. The standard InChI is InChI=1S/C29H53N3O7/c1-5-7-9-15-28(35)38-21-11-13-25(14-12-22-39-29(36)16-10-8-6-2)31-27(34)18-17-26(33)30-19-23-37-24-20-32(3)4/h17-18,25H,5-16,19-24H2,1-4H3,(H,30,33)(H,31,34)/b18-17+. The van der Waals surface area contributed by atoms with Crippen molar-refractivity contribution in [1.29, 1.82) is 0 Å². The van der Waals surface area contributed by atoms with Gasteiger partial charge in [0, 0.05) is 44.1 Å². The molecule has 0 fully saturated rings. The minimum Gasteiger partial charge on any atom is -0.466 e. The van der Waals surface area contributed by atoms with E-state index in [4.69, 9.17) is 14.2 Å². The van der Waals surface area contributed by atoms with Crippen molar-refractivity contribution in [1.82, 2.24) is 15.5 Å². The van der Waals surface area contributed by atoms with E-state index in [1.165, 1.54) is 12.2 Å². The lowest BCUT2D eigenvalue weighted by atomic mass is 10.1. The summed E-state index contributed by atoms with van der Waals surface area (Å²) in [6.45, 7) is 6.88. The largest absolute Gasteiger partial charge is 0.466 e. The number of nitrogens with zero attached hydrogens (tertiary/aromatic N) is 1. The maximum Gasteiger partial charge on any atom is 0.305 e. The van der Waals surface area contributed by atoms with E-state index in [9.17, 15) is 19.2 Å². The molecule has 2 amide bonds. The van der Waals surface area contributed by atoms with Gasteiger partial charge in [-0.15, -0.1) is 0 Å². The van der Waals surface area contributed by atoms with Gasteiger partial charge < -0.3 is 29.7 Å². The van der Waals surface area contributed by atoms with Crippen molar-refractivity contribution in [3.8, 4) is 0 Å². The van der Waals surface area contributed by atoms with E-state index in [2.05, 4.69) is 24.5 Å². The maximum absolute atomic E-state index is 12.4. The Labute approximate surface area is 235 Å². The van der Waals surface area contributed by atoms with Crippen LogP contribution in [0.5, 0.6) is 0 Å². The number of rotatable bonds is 25. The number of hydrogen-bond donors (Lipinski definition) is 2. The van der Waals surface area contributed by atoms with Crippen molar-refractivity contribution in [2.75, 3.05) is 53.6 Å². The van der Waals surface area contributed by atoms with E-state index in [0.717, 1.165) is 45.1 Å². The molecular weight excluding hydrogens is 502 g/mol. The van der Waals surface area contributed by atoms with Gasteiger partial charge in [-0.1, -0.05) is 39.5 Å². The van der Waals surface area contributed by atoms with Crippen molar-refractivity contribution in [3.05, 3.63) is 12.2 Å². The van der Waals surface area contributed by atoms with Gasteiger partial charge in [0.15, 0.2) is 0 Å². The molecule has 0 aliphatic heterocycles. The van der Waals surface area contributed by atoms with Crippen LogP contribution in [0.1, 0.15) is 90.9 Å². The molecule has 0 aliphatic carbocycles. The first kappa shape index (κ1) is 36.5. The van der Waals surface area contributed by atoms with Gasteiger partial charge in [0.25, 0.3) is 0 Å². The Kier molecular flexibility index (Phi) is 24.2. The summed E-state index contributed by atoms with van der Waals surface area (Å²) in [5, 5.41) is 5.59. The Hall–Kier alpha value is -2.46. The number of carbonyl (C=O) groups is 4. The molecule has 226 valence electrons. The van der Waals surface area contributed by atoms with Gasteiger partial charge in [-0.05, 0) is 52.6 Å². The molecule has 0 aromatic rings. The van der Waals surface area contributed by atoms with Crippen LogP contribution in [0.4, 0.5) is 0 Å². The molecule has 0 heterocycles. The number of esters is 2. The molecule has 0 aromatic carbocycles. The molecule has 10 heteroatoms. The van der Waals surface area contributed by atoms with Gasteiger partial charge >= 0.3 is 11.9 Å². The average Bonchev–Trinajstić information content (AvgIpc) is 2.89. The Morgan fingerprint density at radius 3 is 1.77 bits per heavy atom. The van der Waals surface area contributed by atoms with Crippen LogP contribution in [0.25, 0.3) is 0 Å². The monoisotopic (exact) mass is 555 g/mol. The first-order valence-corrected chi connectivity index (χ1v) is 14.6. The Morgan fingerprint density at radius 2 is 1.26 bits per heavy atom. The number of likely N-dealkylation sites (N-methyl/N-ethyl adjacent to an activating group) is 1. The quantitative estimate of drug-likeness (QED) is 0.0996. The second-order valence-corrected chi connectivity index (χ2v) is 9.89. The van der Waals surface area contributed by atoms with Gasteiger partial charge in [0.2, 0.25) is 11.8 Å². The average molecular weight is 556 g/mol. The number of unbranched alkanes of at least 4 members (excludes halogenated alkanes) is 4. The van der Waals surface area contributed by atoms with Crippen LogP contribution >= 0.6 is 0 Å². The summed E-state index contributed by atoms with van der Waals surface area (Å²) in [5.74, 6) is -1.15. The third kappa shape index (κ3) is 25.6. The second-order valence-electron chi connectivity index (χ2n) is 9.89. The number of hydrogen-bond acceptors (Lipinski definition) is 8. The lowest BCUT2D eigenvalue weighted by Gasteiger charge is -2.18. The SMILES string of the molecule is CCCCCC(=O)OCCCC(CCCOC(=O)CCCCC)NC(=O)/C=C/C(=O)NCCOCCN(C)C. The smallest absolute Gasteiger partial charge is 0.305 e. The number of ether oxygens (including phenoxy) is 3. The van der Waals surface area contributed by atoms with Gasteiger partial charge in [0.05, 0.1) is 26.4 Å². The van der Waals surface area contributed by atoms with Crippen LogP contribution < -0.4 is 10.6 Å². The zero-order chi connectivity index (χ0) is 29.1. The topological polar surface area (TPSA) is 123 Å². The van der Waals surface area contributed by atoms with E-state index >= 15 is 0 Å². The van der Waals surface area contributed by atoms with Crippen molar-refractivity contribution in [3.63, 3.8) is 0 Å². The van der Waals surface area contributed by atoms with E-state index in [0.29, 0.717) is 71.5 Å². The molecule has 39 heavy (non-hydrogen) atoms. The highest BCUT2D eigenvalue weighted by molar-refractivity contribution is 5.96. The first-order valence-electron chi connectivity index (χ1n) is 14.6. The van der Waals surface area contributed by atoms with E-state index in [1.54, 1.807) is 0 Å². The summed E-state index contributed by atoms with van der Waals surface area (Å²) in [6, 6.07) is -0.201. The molecule has 0 saturated carbocycles. The normalized spacial score (nSPS) is 11.2. The summed E-state index contributed by atoms with van der Waals surface area (Å²) in [4.78, 5) is 50.0. The van der Waals surface area contributed by atoms with Crippen LogP contribution in [0, 0.1) is 0 Å². The molecule has 0 saturated heterocycles. The number of carbonyl (C=O) groups excluding carboxylic acids is 4. The molecule has 0 aliphatic rings. The summed E-state index contributed by atoms with van der Waals surface area (Å²) >= 11 is 0. The summed E-state index contributed by atoms with van der Waals surface area (Å²) in [5.41, 5.74) is 0. The summed E-state index contributed by atoms with van der Waals surface area (Å²) < 4.78 is 16.0. The van der Waals surface area contributed by atoms with Crippen molar-refractivity contribution in [2.45, 2.75) is 96.9 Å². The van der Waals surface area contributed by atoms with Crippen LogP contribution in [0.15, 0.2) is 12.2 Å². The third-order valence-corrected chi connectivity index (χ3v) is 5.85. The lowest BCUT2D eigenvalue weighted by molar-refractivity contribution is -0.144. The fraction of sp³-hybridized carbons (Fsp3) is 0.793. The first-order chi connectivity index (χ1) is 18.8. The van der Waals surface area contributed by atoms with Crippen LogP contribution in [-0.4, -0.2) is 88.3 Å². The molecule has 0 unspecified atom stereocenters. The minimum atomic E-state index is -0.384. The van der Waals surface area contributed by atoms with Crippen LogP contribution in [-0.2, 0) is 33.4 Å². The van der Waals surface area contributed by atoms with Gasteiger partial charge in [-0.2, -0.15) is 0 Å². The number of amides is 2. The number of nitrogens with one attached hydrogen (secondary N) is 2. The fourth-order valence-electron chi connectivity index (χ4n) is 3.56. The zero-order valence-corrected chi connectivity index (χ0v) is 24.8. The van der Waals surface area contributed by atoms with Crippen LogP contribution in [0.2, 0.25) is 0 Å². The molecule has 2 N–H and O–H groups in total. The van der Waals surface area contributed by atoms with Crippen LogP contribution in [0.3, 0.4) is 0 Å². The molecule has 0 bridgehead atoms. The minimum absolute atomic E-state index is 0.198. The molecule has 0 radical (unpaired) electrons. The molecule has 10 nitrogen and oxygen atoms in total. The Bertz CT molecular complexity index is 668. The van der Waals surface area contributed by atoms with Crippen molar-refractivity contribution < 1.29 is 33.4 Å². The van der Waals surface area contributed by atoms with Gasteiger partial charge in [-0.3, -0.25) is 19.2 Å². The van der Waals surface area contributed by atoms with Gasteiger partial charge in [0.1, 0.15) is 0 Å². The zero-order valence-electron chi connectivity index (χ0n) is 24.8. The predicted molar refractivity (Wildman–Crippen MR) is 152 cm³/mol. The van der Waals surface area contributed by atoms with Crippen molar-refractivity contribution >= 4 is 23.8 Å². The highest BCUT2D eigenvalue weighted by Crippen LogP contribution is 2.08. The maximum atomic E-state index is 12.4. The predicted octanol–water partition coefficient (Wildman–Crippen LogP) is 3.53.